The normalized spacial score (nSPS) is 15.9. The zero-order valence-corrected chi connectivity index (χ0v) is 40.5. The monoisotopic (exact) mass is 999 g/mol. The molecule has 6 aromatic carbocycles. The number of carbonyl (C=O) groups is 3. The second kappa shape index (κ2) is 21.3. The summed E-state index contributed by atoms with van der Waals surface area (Å²) in [5.41, 5.74) is 4.20. The highest BCUT2D eigenvalue weighted by molar-refractivity contribution is 8.00. The van der Waals surface area contributed by atoms with Crippen LogP contribution < -0.4 is 10.6 Å². The third-order valence-electron chi connectivity index (χ3n) is 11.8. The van der Waals surface area contributed by atoms with Crippen LogP contribution >= 0.6 is 23.1 Å². The minimum absolute atomic E-state index is 0.0595. The fourth-order valence-electron chi connectivity index (χ4n) is 8.34. The smallest absolute Gasteiger partial charge is 0.356 e. The van der Waals surface area contributed by atoms with Crippen molar-refractivity contribution in [3.8, 4) is 0 Å². The highest BCUT2D eigenvalue weighted by Crippen LogP contribution is 2.43. The topological polar surface area (TPSA) is 166 Å². The van der Waals surface area contributed by atoms with Crippen molar-refractivity contribution in [2.24, 2.45) is 5.16 Å². The summed E-state index contributed by atoms with van der Waals surface area (Å²) in [5.74, 6) is -2.15. The largest absolute Gasteiger partial charge is 0.448 e. The number of benzene rings is 6. The highest BCUT2D eigenvalue weighted by Gasteiger charge is 2.55. The van der Waals surface area contributed by atoms with Crippen LogP contribution in [0.5, 0.6) is 0 Å². The summed E-state index contributed by atoms with van der Waals surface area (Å²) in [4.78, 5) is 54.6. The van der Waals surface area contributed by atoms with Crippen molar-refractivity contribution < 1.29 is 36.6 Å². The van der Waals surface area contributed by atoms with E-state index in [9.17, 15) is 22.8 Å². The van der Waals surface area contributed by atoms with Crippen LogP contribution in [0.2, 0.25) is 0 Å². The first-order chi connectivity index (χ1) is 34.6. The lowest BCUT2D eigenvalue weighted by molar-refractivity contribution is -0.154. The lowest BCUT2D eigenvalue weighted by Crippen LogP contribution is -2.71. The number of nitrogens with zero attached hydrogens (tertiary/aromatic N) is 3. The van der Waals surface area contributed by atoms with Gasteiger partial charge in [-0.2, -0.15) is 8.42 Å². The number of nitrogens with one attached hydrogen (secondary N) is 2. The second-order valence-corrected chi connectivity index (χ2v) is 19.8. The highest BCUT2D eigenvalue weighted by atomic mass is 32.2. The number of oxime groups is 1. The van der Waals surface area contributed by atoms with Crippen LogP contribution in [0, 0.1) is 6.92 Å². The summed E-state index contributed by atoms with van der Waals surface area (Å²) in [7, 11) is -4.23. The number of allylic oxidation sites excluding steroid dienone is 1. The van der Waals surface area contributed by atoms with Crippen LogP contribution in [0.4, 0.5) is 5.13 Å². The van der Waals surface area contributed by atoms with Gasteiger partial charge in [0, 0.05) is 11.1 Å². The van der Waals surface area contributed by atoms with Gasteiger partial charge in [-0.3, -0.25) is 14.5 Å². The zero-order valence-electron chi connectivity index (χ0n) is 38.0. The molecule has 13 nitrogen and oxygen atoms in total. The van der Waals surface area contributed by atoms with E-state index in [1.807, 2.05) is 159 Å². The quantitative estimate of drug-likeness (QED) is 0.0160. The molecule has 0 aliphatic carbocycles. The van der Waals surface area contributed by atoms with Crippen LogP contribution in [-0.2, 0) is 43.8 Å². The molecule has 2 N–H and O–H groups in total. The molecule has 1 fully saturated rings. The number of aromatic nitrogens is 1. The maximum atomic E-state index is 14.6. The molecule has 2 aliphatic heterocycles. The van der Waals surface area contributed by atoms with Gasteiger partial charge >= 0.3 is 16.1 Å². The van der Waals surface area contributed by atoms with E-state index in [-0.39, 0.29) is 33.3 Å². The number of esters is 1. The molecule has 2 atom stereocenters. The Balaban J connectivity index is 1.00. The van der Waals surface area contributed by atoms with Gasteiger partial charge in [0.05, 0.1) is 0 Å². The van der Waals surface area contributed by atoms with Gasteiger partial charge in [-0.15, -0.1) is 23.1 Å². The maximum absolute atomic E-state index is 14.6. The Morgan fingerprint density at radius 1 is 0.803 bits per heavy atom. The minimum Gasteiger partial charge on any atom is -0.448 e. The summed E-state index contributed by atoms with van der Waals surface area (Å²) in [6.07, 6.45) is 2.48. The fraction of sp³-hybridized carbons (Fsp3) is 0.109. The van der Waals surface area contributed by atoms with Gasteiger partial charge in [0.25, 0.3) is 11.8 Å². The third-order valence-corrected chi connectivity index (χ3v) is 15.0. The predicted molar refractivity (Wildman–Crippen MR) is 274 cm³/mol. The Labute approximate surface area is 419 Å². The Morgan fingerprint density at radius 3 is 1.87 bits per heavy atom. The minimum atomic E-state index is -4.23. The molecule has 2 unspecified atom stereocenters. The van der Waals surface area contributed by atoms with Crippen LogP contribution in [-0.4, -0.2) is 59.0 Å². The van der Waals surface area contributed by atoms with E-state index in [2.05, 4.69) is 22.4 Å². The predicted octanol–water partition coefficient (Wildman–Crippen LogP) is 9.63. The maximum Gasteiger partial charge on any atom is 0.356 e. The lowest BCUT2D eigenvalue weighted by atomic mass is 9.77. The van der Waals surface area contributed by atoms with Gasteiger partial charge < -0.3 is 24.4 Å². The van der Waals surface area contributed by atoms with Crippen molar-refractivity contribution in [1.82, 2.24) is 15.2 Å². The Hall–Kier alpha value is -8.05. The van der Waals surface area contributed by atoms with Crippen molar-refractivity contribution in [3.63, 3.8) is 0 Å². The number of β-lactam (4-membered cyclic amide) rings is 1. The molecule has 0 spiro atoms. The molecule has 1 saturated heterocycles. The van der Waals surface area contributed by atoms with E-state index in [4.69, 9.17) is 18.7 Å². The molecule has 2 aliphatic rings. The number of rotatable bonds is 18. The summed E-state index contributed by atoms with van der Waals surface area (Å²) in [6, 6.07) is 53.3. The van der Waals surface area contributed by atoms with E-state index >= 15 is 0 Å². The summed E-state index contributed by atoms with van der Waals surface area (Å²) >= 11 is 2.50. The first kappa shape index (κ1) is 48.0. The van der Waals surface area contributed by atoms with E-state index in [0.717, 1.165) is 34.8 Å². The Bertz CT molecular complexity index is 3110. The number of hydrogen-bond acceptors (Lipinski definition) is 13. The molecule has 16 heteroatoms. The molecule has 2 amide bonds. The first-order valence-corrected chi connectivity index (χ1v) is 25.6. The van der Waals surface area contributed by atoms with Crippen LogP contribution in [0.15, 0.2) is 228 Å². The van der Waals surface area contributed by atoms with Gasteiger partial charge in [0.2, 0.25) is 0 Å². The first-order valence-electron chi connectivity index (χ1n) is 22.3. The molecule has 356 valence electrons. The SMILES string of the molecule is C=CON=C(C(=O)NC1C(=O)N2C(C(=O)OC(c3ccccc3)c3ccccc3)=C(C=COS(=O)(=O)c3ccc(C)cc3)CSC12)c1csc(NC(c2ccccc2)(c2ccccc2)c2ccccc2)n1. The molecular weight excluding hydrogens is 955 g/mol. The van der Waals surface area contributed by atoms with Gasteiger partial charge in [0.1, 0.15) is 45.8 Å². The molecule has 9 rings (SSSR count). The van der Waals surface area contributed by atoms with Gasteiger partial charge in [-0.25, -0.2) is 9.78 Å². The van der Waals surface area contributed by atoms with Crippen molar-refractivity contribution >= 4 is 61.8 Å². The van der Waals surface area contributed by atoms with Crippen LogP contribution in [0.3, 0.4) is 0 Å². The van der Waals surface area contributed by atoms with Crippen LogP contribution in [0.25, 0.3) is 0 Å². The average molecular weight is 1000 g/mol. The number of anilines is 1. The molecular formula is C55H45N5O8S3. The summed E-state index contributed by atoms with van der Waals surface area (Å²) in [5, 5.41) is 11.9. The number of amides is 2. The van der Waals surface area contributed by atoms with Crippen molar-refractivity contribution in [2.45, 2.75) is 34.9 Å². The van der Waals surface area contributed by atoms with E-state index in [1.54, 1.807) is 17.5 Å². The molecule has 0 saturated carbocycles. The van der Waals surface area contributed by atoms with E-state index in [0.29, 0.717) is 16.3 Å². The van der Waals surface area contributed by atoms with Crippen molar-refractivity contribution in [1.29, 1.82) is 0 Å². The average Bonchev–Trinajstić information content (AvgIpc) is 3.87. The van der Waals surface area contributed by atoms with Crippen molar-refractivity contribution in [3.05, 3.63) is 257 Å². The number of thioether (sulfide) groups is 1. The Morgan fingerprint density at radius 2 is 1.34 bits per heavy atom. The van der Waals surface area contributed by atoms with Gasteiger partial charge in [0.15, 0.2) is 16.9 Å². The van der Waals surface area contributed by atoms with Crippen LogP contribution in [0.1, 0.15) is 45.2 Å². The van der Waals surface area contributed by atoms with E-state index in [1.165, 1.54) is 46.2 Å². The Kier molecular flexibility index (Phi) is 14.4. The van der Waals surface area contributed by atoms with Gasteiger partial charge in [-0.1, -0.05) is 181 Å². The fourth-order valence-corrected chi connectivity index (χ4v) is 11.2. The number of thiazole rings is 1. The summed E-state index contributed by atoms with van der Waals surface area (Å²) in [6.45, 7) is 5.42. The molecule has 0 bridgehead atoms. The second-order valence-electron chi connectivity index (χ2n) is 16.2. The number of fused-ring (bicyclic) bond motifs is 1. The molecule has 3 heterocycles. The zero-order chi connectivity index (χ0) is 49.4. The standard InChI is InChI=1S/C55H45N5O8S3/c1-3-66-59-46(45-36-70-54(56-45)58-55(41-23-13-6-14-24-41,42-25-15-7-16-26-42)43-27-17-8-18-28-43)50(61)57-47-51(62)60-48(53(63)68-49(38-19-9-4-10-20-38)39-21-11-5-12-22-39)40(35-69-52(47)60)33-34-67-71(64,65)44-31-29-37(2)30-32-44/h3-34,36,47,49,52H,1,35H2,2H3,(H,56,58)(H,57,61). The number of aryl methyl sites for hydroxylation is 1. The molecule has 7 aromatic rings. The van der Waals surface area contributed by atoms with E-state index < -0.39 is 51.0 Å². The summed E-state index contributed by atoms with van der Waals surface area (Å²) < 4.78 is 37.8. The molecule has 0 radical (unpaired) electrons. The molecule has 1 aromatic heterocycles. The third kappa shape index (κ3) is 10.2. The molecule has 71 heavy (non-hydrogen) atoms. The number of hydrogen-bond donors (Lipinski definition) is 2. The lowest BCUT2D eigenvalue weighted by Gasteiger charge is -2.49. The number of carbonyl (C=O) groups excluding carboxylic acids is 3. The van der Waals surface area contributed by atoms with Crippen molar-refractivity contribution in [2.75, 3.05) is 11.1 Å². The number of ether oxygens (including phenoxy) is 1. The van der Waals surface area contributed by atoms with Gasteiger partial charge in [-0.05, 0) is 58.5 Å².